The van der Waals surface area contributed by atoms with E-state index in [2.05, 4.69) is 44.7 Å². The molecule has 0 fully saturated rings. The summed E-state index contributed by atoms with van der Waals surface area (Å²) in [5.74, 6) is 0.213. The smallest absolute Gasteiger partial charge is 0.148 e. The fraction of sp³-hybridized carbons (Fsp3) is 0.625. The molecule has 114 valence electrons. The number of hydrogen-bond donors (Lipinski definition) is 0. The molecule has 0 amide bonds. The molecule has 0 aliphatic rings. The van der Waals surface area contributed by atoms with Gasteiger partial charge >= 0.3 is 0 Å². The Balaban J connectivity index is 2.94. The van der Waals surface area contributed by atoms with Gasteiger partial charge in [0.05, 0.1) is 5.75 Å². The van der Waals surface area contributed by atoms with Gasteiger partial charge in [0.25, 0.3) is 0 Å². The topological polar surface area (TPSA) is 37.4 Å². The number of hydrogen-bond acceptors (Lipinski definition) is 3. The SMILES string of the molecule is CCN(Cc1c(C)cc(C)cc1C)C(C)CS(C)(=O)=O. The number of benzene rings is 1. The zero-order valence-corrected chi connectivity index (χ0v) is 14.3. The summed E-state index contributed by atoms with van der Waals surface area (Å²) in [5.41, 5.74) is 5.16. The van der Waals surface area contributed by atoms with Crippen LogP contribution in [-0.4, -0.2) is 37.9 Å². The Bertz CT molecular complexity index is 541. The zero-order chi connectivity index (χ0) is 15.5. The van der Waals surface area contributed by atoms with Gasteiger partial charge in [-0.2, -0.15) is 0 Å². The van der Waals surface area contributed by atoms with Crippen LogP contribution >= 0.6 is 0 Å². The Labute approximate surface area is 123 Å². The lowest BCUT2D eigenvalue weighted by atomic mass is 9.99. The lowest BCUT2D eigenvalue weighted by Crippen LogP contribution is -2.37. The van der Waals surface area contributed by atoms with Crippen molar-refractivity contribution < 1.29 is 8.42 Å². The Morgan fingerprint density at radius 2 is 1.65 bits per heavy atom. The van der Waals surface area contributed by atoms with E-state index in [4.69, 9.17) is 0 Å². The summed E-state index contributed by atoms with van der Waals surface area (Å²) in [6.45, 7) is 12.1. The predicted octanol–water partition coefficient (Wildman–Crippen LogP) is 2.87. The van der Waals surface area contributed by atoms with Gasteiger partial charge < -0.3 is 0 Å². The van der Waals surface area contributed by atoms with E-state index >= 15 is 0 Å². The van der Waals surface area contributed by atoms with Crippen molar-refractivity contribution in [1.82, 2.24) is 4.90 Å². The maximum absolute atomic E-state index is 11.5. The molecule has 0 aliphatic carbocycles. The molecule has 1 aromatic rings. The highest BCUT2D eigenvalue weighted by atomic mass is 32.2. The van der Waals surface area contributed by atoms with Crippen LogP contribution in [0.25, 0.3) is 0 Å². The monoisotopic (exact) mass is 297 g/mol. The van der Waals surface area contributed by atoms with Crippen LogP contribution in [0.4, 0.5) is 0 Å². The Hall–Kier alpha value is -0.870. The van der Waals surface area contributed by atoms with Crippen molar-refractivity contribution in [2.75, 3.05) is 18.6 Å². The van der Waals surface area contributed by atoms with Gasteiger partial charge in [0, 0.05) is 18.8 Å². The second kappa shape index (κ2) is 6.72. The lowest BCUT2D eigenvalue weighted by molar-refractivity contribution is 0.225. The quantitative estimate of drug-likeness (QED) is 0.810. The van der Waals surface area contributed by atoms with Gasteiger partial charge in [-0.3, -0.25) is 4.90 Å². The summed E-state index contributed by atoms with van der Waals surface area (Å²) in [6.07, 6.45) is 1.31. The minimum atomic E-state index is -2.94. The van der Waals surface area contributed by atoms with Crippen LogP contribution in [-0.2, 0) is 16.4 Å². The molecule has 3 nitrogen and oxygen atoms in total. The van der Waals surface area contributed by atoms with Gasteiger partial charge in [0.1, 0.15) is 9.84 Å². The van der Waals surface area contributed by atoms with Crippen LogP contribution in [0.15, 0.2) is 12.1 Å². The highest BCUT2D eigenvalue weighted by Gasteiger charge is 2.18. The van der Waals surface area contributed by atoms with Gasteiger partial charge in [-0.1, -0.05) is 24.6 Å². The first-order valence-electron chi connectivity index (χ1n) is 7.12. The molecule has 0 aromatic heterocycles. The van der Waals surface area contributed by atoms with Crippen molar-refractivity contribution >= 4 is 9.84 Å². The van der Waals surface area contributed by atoms with Crippen LogP contribution in [0.1, 0.15) is 36.1 Å². The van der Waals surface area contributed by atoms with Gasteiger partial charge in [-0.15, -0.1) is 0 Å². The van der Waals surface area contributed by atoms with Crippen molar-refractivity contribution in [1.29, 1.82) is 0 Å². The van der Waals surface area contributed by atoms with Crippen molar-refractivity contribution in [3.63, 3.8) is 0 Å². The molecule has 0 radical (unpaired) electrons. The molecule has 0 aliphatic heterocycles. The molecule has 0 N–H and O–H groups in total. The van der Waals surface area contributed by atoms with Crippen LogP contribution in [0.5, 0.6) is 0 Å². The van der Waals surface area contributed by atoms with Crippen LogP contribution < -0.4 is 0 Å². The van der Waals surface area contributed by atoms with Crippen LogP contribution in [0.3, 0.4) is 0 Å². The van der Waals surface area contributed by atoms with E-state index in [1.165, 1.54) is 28.5 Å². The molecule has 0 saturated carbocycles. The van der Waals surface area contributed by atoms with E-state index in [9.17, 15) is 8.42 Å². The summed E-state index contributed by atoms with van der Waals surface area (Å²) in [5, 5.41) is 0. The molecule has 20 heavy (non-hydrogen) atoms. The summed E-state index contributed by atoms with van der Waals surface area (Å²) in [6, 6.07) is 4.42. The van der Waals surface area contributed by atoms with Gasteiger partial charge in [0.15, 0.2) is 0 Å². The van der Waals surface area contributed by atoms with E-state index in [0.717, 1.165) is 13.1 Å². The van der Waals surface area contributed by atoms with Gasteiger partial charge in [-0.05, 0) is 50.9 Å². The van der Waals surface area contributed by atoms with Crippen molar-refractivity contribution in [3.8, 4) is 0 Å². The second-order valence-corrected chi connectivity index (χ2v) is 8.07. The number of nitrogens with zero attached hydrogens (tertiary/aromatic N) is 1. The number of rotatable bonds is 6. The Morgan fingerprint density at radius 1 is 1.15 bits per heavy atom. The number of aryl methyl sites for hydroxylation is 3. The van der Waals surface area contributed by atoms with Crippen molar-refractivity contribution in [2.24, 2.45) is 0 Å². The molecule has 0 saturated heterocycles. The van der Waals surface area contributed by atoms with Crippen LogP contribution in [0, 0.1) is 20.8 Å². The predicted molar refractivity (Wildman–Crippen MR) is 85.9 cm³/mol. The van der Waals surface area contributed by atoms with Crippen molar-refractivity contribution in [3.05, 3.63) is 34.4 Å². The number of sulfone groups is 1. The van der Waals surface area contributed by atoms with E-state index in [-0.39, 0.29) is 11.8 Å². The van der Waals surface area contributed by atoms with Gasteiger partial charge in [-0.25, -0.2) is 8.42 Å². The molecule has 4 heteroatoms. The summed E-state index contributed by atoms with van der Waals surface area (Å²) in [7, 11) is -2.94. The van der Waals surface area contributed by atoms with E-state index in [0.29, 0.717) is 0 Å². The molecule has 1 atom stereocenters. The molecule has 1 aromatic carbocycles. The fourth-order valence-electron chi connectivity index (χ4n) is 2.79. The summed E-state index contributed by atoms with van der Waals surface area (Å²) in [4.78, 5) is 2.23. The third-order valence-electron chi connectivity index (χ3n) is 3.78. The molecular formula is C16H27NO2S. The van der Waals surface area contributed by atoms with E-state index in [1.54, 1.807) is 0 Å². The molecule has 0 bridgehead atoms. The summed E-state index contributed by atoms with van der Waals surface area (Å²) < 4.78 is 22.9. The maximum Gasteiger partial charge on any atom is 0.148 e. The van der Waals surface area contributed by atoms with E-state index < -0.39 is 9.84 Å². The average Bonchev–Trinajstić information content (AvgIpc) is 2.25. The molecule has 0 heterocycles. The molecule has 1 rings (SSSR count). The largest absolute Gasteiger partial charge is 0.296 e. The van der Waals surface area contributed by atoms with E-state index in [1.807, 2.05) is 6.92 Å². The third-order valence-corrected chi connectivity index (χ3v) is 4.86. The van der Waals surface area contributed by atoms with Gasteiger partial charge in [0.2, 0.25) is 0 Å². The average molecular weight is 297 g/mol. The molecule has 1 unspecified atom stereocenters. The Morgan fingerprint density at radius 3 is 2.05 bits per heavy atom. The molecule has 0 spiro atoms. The summed E-state index contributed by atoms with van der Waals surface area (Å²) >= 11 is 0. The first kappa shape index (κ1) is 17.2. The first-order valence-corrected chi connectivity index (χ1v) is 9.18. The molecular weight excluding hydrogens is 270 g/mol. The first-order chi connectivity index (χ1) is 9.14. The zero-order valence-electron chi connectivity index (χ0n) is 13.5. The lowest BCUT2D eigenvalue weighted by Gasteiger charge is -2.28. The Kier molecular flexibility index (Phi) is 5.78. The minimum absolute atomic E-state index is 0.0371. The fourth-order valence-corrected chi connectivity index (χ4v) is 3.87. The maximum atomic E-state index is 11.5. The third kappa shape index (κ3) is 4.91. The minimum Gasteiger partial charge on any atom is -0.296 e. The highest BCUT2D eigenvalue weighted by molar-refractivity contribution is 7.90. The van der Waals surface area contributed by atoms with Crippen LogP contribution in [0.2, 0.25) is 0 Å². The normalized spacial score (nSPS) is 13.8. The standard InChI is InChI=1S/C16H27NO2S/c1-7-17(15(5)11-20(6,18)19)10-16-13(3)8-12(2)9-14(16)4/h8-9,15H,7,10-11H2,1-6H3. The van der Waals surface area contributed by atoms with Crippen molar-refractivity contribution in [2.45, 2.75) is 47.2 Å². The highest BCUT2D eigenvalue weighted by Crippen LogP contribution is 2.19. The second-order valence-electron chi connectivity index (χ2n) is 5.88.